The molecular formula is C15H17BrClNO4. The highest BCUT2D eigenvalue weighted by Crippen LogP contribution is 2.31. The highest BCUT2D eigenvalue weighted by Gasteiger charge is 2.40. The normalized spacial score (nSPS) is 17.0. The van der Waals surface area contributed by atoms with Crippen LogP contribution in [-0.2, 0) is 9.53 Å². The number of halogens is 2. The summed E-state index contributed by atoms with van der Waals surface area (Å²) < 4.78 is 5.96. The van der Waals surface area contributed by atoms with Crippen molar-refractivity contribution in [3.05, 3.63) is 32.8 Å². The molecule has 0 atom stereocenters. The number of aryl methyl sites for hydroxylation is 1. The summed E-state index contributed by atoms with van der Waals surface area (Å²) in [6.45, 7) is 2.71. The lowest BCUT2D eigenvalue weighted by atomic mass is 9.80. The molecule has 1 fully saturated rings. The number of hydrogen-bond acceptors (Lipinski definition) is 3. The standard InChI is InChI=1S/C15H17BrClNO4/c1-9-6-10(7-11(17)12(9)16)13(19)18-8-15(14(20)21)2-4-22-5-3-15/h6-7H,2-5,8H2,1H3,(H,18,19)(H,20,21). The van der Waals surface area contributed by atoms with Gasteiger partial charge in [0, 0.05) is 29.8 Å². The second-order valence-corrected chi connectivity index (χ2v) is 6.67. The third kappa shape index (κ3) is 3.62. The number of rotatable bonds is 4. The zero-order valence-electron chi connectivity index (χ0n) is 12.1. The van der Waals surface area contributed by atoms with Gasteiger partial charge in [0.05, 0.1) is 10.4 Å². The summed E-state index contributed by atoms with van der Waals surface area (Å²) in [7, 11) is 0. The Hall–Kier alpha value is -1.11. The van der Waals surface area contributed by atoms with Crippen LogP contribution in [0.5, 0.6) is 0 Å². The fraction of sp³-hybridized carbons (Fsp3) is 0.467. The number of aliphatic carboxylic acids is 1. The van der Waals surface area contributed by atoms with Crippen LogP contribution < -0.4 is 5.32 Å². The van der Waals surface area contributed by atoms with Crippen LogP contribution in [0, 0.1) is 12.3 Å². The second kappa shape index (κ2) is 6.98. The Bertz CT molecular complexity index is 576. The van der Waals surface area contributed by atoms with Gasteiger partial charge in [-0.1, -0.05) is 11.6 Å². The van der Waals surface area contributed by atoms with E-state index in [0.717, 1.165) is 10.0 Å². The van der Waals surface area contributed by atoms with Gasteiger partial charge in [0.15, 0.2) is 0 Å². The first-order chi connectivity index (χ1) is 10.4. The Morgan fingerprint density at radius 3 is 2.59 bits per heavy atom. The monoisotopic (exact) mass is 389 g/mol. The van der Waals surface area contributed by atoms with Gasteiger partial charge in [0.2, 0.25) is 0 Å². The third-order valence-corrected chi connectivity index (χ3v) is 5.54. The topological polar surface area (TPSA) is 75.6 Å². The van der Waals surface area contributed by atoms with Crippen molar-refractivity contribution in [3.63, 3.8) is 0 Å². The van der Waals surface area contributed by atoms with Crippen LogP contribution in [0.15, 0.2) is 16.6 Å². The molecule has 1 amide bonds. The highest BCUT2D eigenvalue weighted by atomic mass is 79.9. The molecule has 0 spiro atoms. The number of carbonyl (C=O) groups is 2. The summed E-state index contributed by atoms with van der Waals surface area (Å²) in [5.41, 5.74) is 0.303. The molecule has 1 aliphatic heterocycles. The van der Waals surface area contributed by atoms with Crippen LogP contribution in [0.4, 0.5) is 0 Å². The van der Waals surface area contributed by atoms with E-state index in [1.54, 1.807) is 12.1 Å². The molecule has 7 heteroatoms. The van der Waals surface area contributed by atoms with E-state index in [1.807, 2.05) is 6.92 Å². The predicted molar refractivity (Wildman–Crippen MR) is 86.3 cm³/mol. The first-order valence-electron chi connectivity index (χ1n) is 6.91. The molecule has 22 heavy (non-hydrogen) atoms. The molecule has 0 bridgehead atoms. The van der Waals surface area contributed by atoms with Crippen LogP contribution in [0.2, 0.25) is 5.02 Å². The second-order valence-electron chi connectivity index (χ2n) is 5.47. The molecule has 1 saturated heterocycles. The van der Waals surface area contributed by atoms with Crippen molar-refractivity contribution in [2.45, 2.75) is 19.8 Å². The Morgan fingerprint density at radius 1 is 1.41 bits per heavy atom. The number of hydrogen-bond donors (Lipinski definition) is 2. The van der Waals surface area contributed by atoms with Gasteiger partial charge in [-0.25, -0.2) is 0 Å². The van der Waals surface area contributed by atoms with E-state index >= 15 is 0 Å². The lowest BCUT2D eigenvalue weighted by molar-refractivity contribution is -0.154. The molecule has 0 aliphatic carbocycles. The van der Waals surface area contributed by atoms with Crippen molar-refractivity contribution < 1.29 is 19.4 Å². The van der Waals surface area contributed by atoms with Crippen molar-refractivity contribution in [3.8, 4) is 0 Å². The summed E-state index contributed by atoms with van der Waals surface area (Å²) in [4.78, 5) is 23.8. The summed E-state index contributed by atoms with van der Waals surface area (Å²) in [5, 5.41) is 12.6. The number of ether oxygens (including phenoxy) is 1. The van der Waals surface area contributed by atoms with Gasteiger partial charge in [0.25, 0.3) is 5.91 Å². The van der Waals surface area contributed by atoms with Crippen LogP contribution in [0.3, 0.4) is 0 Å². The van der Waals surface area contributed by atoms with E-state index < -0.39 is 11.4 Å². The van der Waals surface area contributed by atoms with Crippen molar-refractivity contribution >= 4 is 39.4 Å². The average Bonchev–Trinajstić information content (AvgIpc) is 2.50. The summed E-state index contributed by atoms with van der Waals surface area (Å²) >= 11 is 9.39. The van der Waals surface area contributed by atoms with Crippen molar-refractivity contribution in [1.29, 1.82) is 0 Å². The SMILES string of the molecule is Cc1cc(C(=O)NCC2(C(=O)O)CCOCC2)cc(Cl)c1Br. The van der Waals surface area contributed by atoms with E-state index in [4.69, 9.17) is 16.3 Å². The van der Waals surface area contributed by atoms with Crippen molar-refractivity contribution in [2.24, 2.45) is 5.41 Å². The van der Waals surface area contributed by atoms with E-state index in [1.165, 1.54) is 0 Å². The molecular weight excluding hydrogens is 374 g/mol. The van der Waals surface area contributed by atoms with E-state index in [0.29, 0.717) is 36.6 Å². The Morgan fingerprint density at radius 2 is 2.05 bits per heavy atom. The van der Waals surface area contributed by atoms with Crippen molar-refractivity contribution in [1.82, 2.24) is 5.32 Å². The Kier molecular flexibility index (Phi) is 5.47. The first kappa shape index (κ1) is 17.2. The number of carboxylic acids is 1. The minimum Gasteiger partial charge on any atom is -0.481 e. The molecule has 0 saturated carbocycles. The molecule has 5 nitrogen and oxygen atoms in total. The maximum absolute atomic E-state index is 12.3. The van der Waals surface area contributed by atoms with Gasteiger partial charge < -0.3 is 15.2 Å². The van der Waals surface area contributed by atoms with Gasteiger partial charge in [0.1, 0.15) is 0 Å². The van der Waals surface area contributed by atoms with Gasteiger partial charge in [-0.05, 0) is 53.4 Å². The number of carboxylic acid groups (broad SMARTS) is 1. The molecule has 1 heterocycles. The third-order valence-electron chi connectivity index (χ3n) is 3.96. The maximum atomic E-state index is 12.3. The number of benzene rings is 1. The average molecular weight is 391 g/mol. The molecule has 2 rings (SSSR count). The largest absolute Gasteiger partial charge is 0.481 e. The molecule has 1 aromatic carbocycles. The van der Waals surface area contributed by atoms with Crippen LogP contribution in [0.1, 0.15) is 28.8 Å². The zero-order chi connectivity index (χ0) is 16.3. The van der Waals surface area contributed by atoms with E-state index in [9.17, 15) is 14.7 Å². The van der Waals surface area contributed by atoms with Gasteiger partial charge in [-0.2, -0.15) is 0 Å². The molecule has 0 aromatic heterocycles. The molecule has 120 valence electrons. The number of amides is 1. The molecule has 1 aliphatic rings. The van der Waals surface area contributed by atoms with Crippen molar-refractivity contribution in [2.75, 3.05) is 19.8 Å². The Balaban J connectivity index is 2.10. The fourth-order valence-electron chi connectivity index (χ4n) is 2.44. The van der Waals surface area contributed by atoms with Crippen LogP contribution >= 0.6 is 27.5 Å². The Labute approximate surface area is 142 Å². The molecule has 0 radical (unpaired) electrons. The minimum atomic E-state index is -0.956. The van der Waals surface area contributed by atoms with Crippen LogP contribution in [0.25, 0.3) is 0 Å². The predicted octanol–water partition coefficient (Wildman–Crippen LogP) is 3.02. The fourth-order valence-corrected chi connectivity index (χ4v) is 2.93. The quantitative estimate of drug-likeness (QED) is 0.828. The summed E-state index contributed by atoms with van der Waals surface area (Å²) in [5.74, 6) is -1.23. The first-order valence-corrected chi connectivity index (χ1v) is 8.08. The maximum Gasteiger partial charge on any atom is 0.311 e. The molecule has 2 N–H and O–H groups in total. The lowest BCUT2D eigenvalue weighted by Gasteiger charge is -2.33. The number of carbonyl (C=O) groups excluding carboxylic acids is 1. The minimum absolute atomic E-state index is 0.0806. The molecule has 0 unspecified atom stereocenters. The van der Waals surface area contributed by atoms with Crippen LogP contribution in [-0.4, -0.2) is 36.7 Å². The van der Waals surface area contributed by atoms with E-state index in [-0.39, 0.29) is 12.5 Å². The van der Waals surface area contributed by atoms with Gasteiger partial charge in [-0.15, -0.1) is 0 Å². The summed E-state index contributed by atoms with van der Waals surface area (Å²) in [6, 6.07) is 3.27. The highest BCUT2D eigenvalue weighted by molar-refractivity contribution is 9.10. The zero-order valence-corrected chi connectivity index (χ0v) is 14.5. The van der Waals surface area contributed by atoms with E-state index in [2.05, 4.69) is 21.2 Å². The van der Waals surface area contributed by atoms with Gasteiger partial charge in [-0.3, -0.25) is 9.59 Å². The lowest BCUT2D eigenvalue weighted by Crippen LogP contribution is -2.46. The van der Waals surface area contributed by atoms with Gasteiger partial charge >= 0.3 is 5.97 Å². The number of nitrogens with one attached hydrogen (secondary N) is 1. The summed E-state index contributed by atoms with van der Waals surface area (Å²) in [6.07, 6.45) is 0.783. The molecule has 1 aromatic rings. The smallest absolute Gasteiger partial charge is 0.311 e.